The van der Waals surface area contributed by atoms with Crippen molar-refractivity contribution in [3.63, 3.8) is 0 Å². The van der Waals surface area contributed by atoms with Crippen LogP contribution in [0.15, 0.2) is 18.2 Å². The highest BCUT2D eigenvalue weighted by atomic mass is 35.5. The van der Waals surface area contributed by atoms with Gasteiger partial charge in [-0.2, -0.15) is 0 Å². The molecule has 6 heteroatoms. The fourth-order valence-electron chi connectivity index (χ4n) is 3.27. The highest BCUT2D eigenvalue weighted by Gasteiger charge is 2.25. The minimum absolute atomic E-state index is 0. The molecule has 2 heterocycles. The number of hydrogen-bond acceptors (Lipinski definition) is 3. The maximum Gasteiger partial charge on any atom is 0.227 e. The predicted octanol–water partition coefficient (Wildman–Crippen LogP) is 2.71. The SMILES string of the molecule is C[C@H]1C[C@@H](C(=O)Nc2ccc3c(c2)CCCC(=O)N3)CCN1.Cl. The second-order valence-corrected chi connectivity index (χ2v) is 6.34. The lowest BCUT2D eigenvalue weighted by atomic mass is 9.92. The number of aryl methyl sites for hydroxylation is 1. The Hall–Kier alpha value is -1.59. The number of nitrogens with one attached hydrogen (secondary N) is 3. The van der Waals surface area contributed by atoms with Crippen molar-refractivity contribution in [3.8, 4) is 0 Å². The van der Waals surface area contributed by atoms with Crippen LogP contribution < -0.4 is 16.0 Å². The van der Waals surface area contributed by atoms with E-state index in [9.17, 15) is 9.59 Å². The number of fused-ring (bicyclic) bond motifs is 1. The van der Waals surface area contributed by atoms with Gasteiger partial charge in [0.1, 0.15) is 0 Å². The van der Waals surface area contributed by atoms with Gasteiger partial charge in [0.15, 0.2) is 0 Å². The van der Waals surface area contributed by atoms with E-state index < -0.39 is 0 Å². The van der Waals surface area contributed by atoms with E-state index in [1.54, 1.807) is 0 Å². The van der Waals surface area contributed by atoms with Gasteiger partial charge < -0.3 is 16.0 Å². The smallest absolute Gasteiger partial charge is 0.227 e. The van der Waals surface area contributed by atoms with Crippen LogP contribution in [0.4, 0.5) is 11.4 Å². The molecule has 1 aromatic carbocycles. The first kappa shape index (κ1) is 17.8. The number of rotatable bonds is 2. The Bertz CT molecular complexity index is 591. The van der Waals surface area contributed by atoms with Gasteiger partial charge in [-0.3, -0.25) is 9.59 Å². The molecule has 0 aliphatic carbocycles. The molecule has 0 bridgehead atoms. The molecule has 2 aliphatic heterocycles. The maximum absolute atomic E-state index is 12.4. The van der Waals surface area contributed by atoms with Crippen molar-refractivity contribution in [2.45, 2.75) is 45.1 Å². The molecular formula is C17H24ClN3O2. The Morgan fingerprint density at radius 2 is 2.13 bits per heavy atom. The average Bonchev–Trinajstić information content (AvgIpc) is 2.67. The molecule has 2 amide bonds. The lowest BCUT2D eigenvalue weighted by Crippen LogP contribution is -2.40. The molecular weight excluding hydrogens is 314 g/mol. The average molecular weight is 338 g/mol. The molecule has 0 aromatic heterocycles. The van der Waals surface area contributed by atoms with Crippen molar-refractivity contribution in [3.05, 3.63) is 23.8 Å². The van der Waals surface area contributed by atoms with E-state index in [2.05, 4.69) is 22.9 Å². The predicted molar refractivity (Wildman–Crippen MR) is 94.1 cm³/mol. The molecule has 0 spiro atoms. The fraction of sp³-hybridized carbons (Fsp3) is 0.529. The summed E-state index contributed by atoms with van der Waals surface area (Å²) in [5, 5.41) is 9.31. The van der Waals surface area contributed by atoms with Crippen LogP contribution in [-0.2, 0) is 16.0 Å². The minimum Gasteiger partial charge on any atom is -0.326 e. The molecule has 1 fully saturated rings. The summed E-state index contributed by atoms with van der Waals surface area (Å²) in [5.74, 6) is 0.250. The zero-order valence-corrected chi connectivity index (χ0v) is 14.2. The Morgan fingerprint density at radius 3 is 2.91 bits per heavy atom. The first-order valence-electron chi connectivity index (χ1n) is 8.09. The Labute approximate surface area is 143 Å². The molecule has 3 N–H and O–H groups in total. The van der Waals surface area contributed by atoms with Crippen molar-refractivity contribution >= 4 is 35.6 Å². The third-order valence-electron chi connectivity index (χ3n) is 4.49. The summed E-state index contributed by atoms with van der Waals surface area (Å²) in [5.41, 5.74) is 2.80. The summed E-state index contributed by atoms with van der Waals surface area (Å²) in [7, 11) is 0. The summed E-state index contributed by atoms with van der Waals surface area (Å²) >= 11 is 0. The molecule has 2 atom stereocenters. The van der Waals surface area contributed by atoms with E-state index in [0.717, 1.165) is 49.2 Å². The number of benzene rings is 1. The molecule has 0 radical (unpaired) electrons. The zero-order chi connectivity index (χ0) is 15.5. The van der Waals surface area contributed by atoms with Crippen molar-refractivity contribution < 1.29 is 9.59 Å². The van der Waals surface area contributed by atoms with Crippen LogP contribution in [0.2, 0.25) is 0 Å². The molecule has 1 aromatic rings. The fourth-order valence-corrected chi connectivity index (χ4v) is 3.27. The van der Waals surface area contributed by atoms with Gasteiger partial charge in [0.2, 0.25) is 11.8 Å². The number of piperidine rings is 1. The van der Waals surface area contributed by atoms with Gasteiger partial charge in [-0.15, -0.1) is 12.4 Å². The van der Waals surface area contributed by atoms with Gasteiger partial charge in [-0.1, -0.05) is 0 Å². The Kier molecular flexibility index (Phi) is 6.02. The first-order valence-corrected chi connectivity index (χ1v) is 8.09. The third-order valence-corrected chi connectivity index (χ3v) is 4.49. The second-order valence-electron chi connectivity index (χ2n) is 6.34. The van der Waals surface area contributed by atoms with Gasteiger partial charge in [0.25, 0.3) is 0 Å². The second kappa shape index (κ2) is 7.79. The standard InChI is InChI=1S/C17H23N3O2.ClH/c1-11-9-13(7-8-18-11)17(22)19-14-5-6-15-12(10-14)3-2-4-16(21)20-15;/h5-6,10-11,13,18H,2-4,7-9H2,1H3,(H,19,22)(H,20,21);1H/t11-,13-;/m0./s1. The lowest BCUT2D eigenvalue weighted by Gasteiger charge is -2.27. The van der Waals surface area contributed by atoms with E-state index in [4.69, 9.17) is 0 Å². The highest BCUT2D eigenvalue weighted by Crippen LogP contribution is 2.26. The van der Waals surface area contributed by atoms with Crippen LogP contribution in [0.1, 0.15) is 38.2 Å². The van der Waals surface area contributed by atoms with Crippen LogP contribution in [0.25, 0.3) is 0 Å². The molecule has 5 nitrogen and oxygen atoms in total. The molecule has 0 saturated carbocycles. The van der Waals surface area contributed by atoms with E-state index in [1.807, 2.05) is 18.2 Å². The number of carbonyl (C=O) groups is 2. The van der Waals surface area contributed by atoms with E-state index in [-0.39, 0.29) is 30.1 Å². The number of halogens is 1. The summed E-state index contributed by atoms with van der Waals surface area (Å²) in [6.07, 6.45) is 4.04. The number of hydrogen-bond donors (Lipinski definition) is 3. The molecule has 23 heavy (non-hydrogen) atoms. The normalized spacial score (nSPS) is 23.8. The topological polar surface area (TPSA) is 70.2 Å². The van der Waals surface area contributed by atoms with Crippen molar-refractivity contribution in [2.75, 3.05) is 17.2 Å². The van der Waals surface area contributed by atoms with Crippen LogP contribution >= 0.6 is 12.4 Å². The minimum atomic E-state index is 0. The number of anilines is 2. The van der Waals surface area contributed by atoms with Crippen molar-refractivity contribution in [1.82, 2.24) is 5.32 Å². The summed E-state index contributed by atoms with van der Waals surface area (Å²) < 4.78 is 0. The van der Waals surface area contributed by atoms with Crippen LogP contribution in [0.3, 0.4) is 0 Å². The van der Waals surface area contributed by atoms with Crippen molar-refractivity contribution in [2.24, 2.45) is 5.92 Å². The highest BCUT2D eigenvalue weighted by molar-refractivity contribution is 5.95. The van der Waals surface area contributed by atoms with E-state index in [0.29, 0.717) is 12.5 Å². The molecule has 0 unspecified atom stereocenters. The summed E-state index contributed by atoms with van der Waals surface area (Å²) in [6, 6.07) is 6.14. The first-order chi connectivity index (χ1) is 10.6. The van der Waals surface area contributed by atoms with Gasteiger partial charge in [-0.25, -0.2) is 0 Å². The van der Waals surface area contributed by atoms with Gasteiger partial charge >= 0.3 is 0 Å². The third kappa shape index (κ3) is 4.45. The quantitative estimate of drug-likeness (QED) is 0.777. The van der Waals surface area contributed by atoms with Gasteiger partial charge in [-0.05, 0) is 62.9 Å². The van der Waals surface area contributed by atoms with Crippen LogP contribution in [0.5, 0.6) is 0 Å². The lowest BCUT2D eigenvalue weighted by molar-refractivity contribution is -0.121. The Balaban J connectivity index is 0.00000192. The number of amides is 2. The summed E-state index contributed by atoms with van der Waals surface area (Å²) in [6.45, 7) is 3.01. The largest absolute Gasteiger partial charge is 0.326 e. The molecule has 1 saturated heterocycles. The van der Waals surface area contributed by atoms with E-state index in [1.165, 1.54) is 0 Å². The van der Waals surface area contributed by atoms with Gasteiger partial charge in [0.05, 0.1) is 0 Å². The molecule has 126 valence electrons. The van der Waals surface area contributed by atoms with Gasteiger partial charge in [0, 0.05) is 29.8 Å². The van der Waals surface area contributed by atoms with Crippen LogP contribution in [-0.4, -0.2) is 24.4 Å². The summed E-state index contributed by atoms with van der Waals surface area (Å²) in [4.78, 5) is 24.0. The van der Waals surface area contributed by atoms with Crippen molar-refractivity contribution in [1.29, 1.82) is 0 Å². The van der Waals surface area contributed by atoms with Crippen LogP contribution in [0, 0.1) is 5.92 Å². The Morgan fingerprint density at radius 1 is 1.30 bits per heavy atom. The molecule has 2 aliphatic rings. The number of carbonyl (C=O) groups excluding carboxylic acids is 2. The monoisotopic (exact) mass is 337 g/mol. The maximum atomic E-state index is 12.4. The van der Waals surface area contributed by atoms with E-state index >= 15 is 0 Å². The zero-order valence-electron chi connectivity index (χ0n) is 13.4. The molecule has 3 rings (SSSR count).